The summed E-state index contributed by atoms with van der Waals surface area (Å²) >= 11 is 0. The Bertz CT molecular complexity index is 956. The van der Waals surface area contributed by atoms with Crippen LogP contribution in [0.15, 0.2) is 22.9 Å². The van der Waals surface area contributed by atoms with Gasteiger partial charge in [0.2, 0.25) is 5.88 Å². The number of hydrogen-bond acceptors (Lipinski definition) is 6. The maximum atomic E-state index is 12.9. The lowest BCUT2D eigenvalue weighted by molar-refractivity contribution is 0.0734. The van der Waals surface area contributed by atoms with E-state index in [4.69, 9.17) is 9.26 Å². The molecular weight excluding hydrogens is 334 g/mol. The van der Waals surface area contributed by atoms with E-state index in [2.05, 4.69) is 20.3 Å². The fourth-order valence-corrected chi connectivity index (χ4v) is 3.33. The molecule has 26 heavy (non-hydrogen) atoms. The van der Waals surface area contributed by atoms with Crippen molar-refractivity contribution in [2.45, 2.75) is 26.8 Å². The fourth-order valence-electron chi connectivity index (χ4n) is 3.33. The Morgan fingerprint density at radius 3 is 2.96 bits per heavy atom. The number of methoxy groups -OCH3 is 1. The van der Waals surface area contributed by atoms with Crippen LogP contribution in [0.5, 0.6) is 5.88 Å². The molecule has 0 saturated carbocycles. The van der Waals surface area contributed by atoms with Crippen LogP contribution in [-0.4, -0.2) is 44.8 Å². The highest BCUT2D eigenvalue weighted by Gasteiger charge is 2.28. The third kappa shape index (κ3) is 2.63. The van der Waals surface area contributed by atoms with Crippen molar-refractivity contribution in [2.24, 2.45) is 0 Å². The molecule has 3 aromatic heterocycles. The number of aromatic nitrogens is 4. The monoisotopic (exact) mass is 353 g/mol. The molecule has 1 N–H and O–H groups in total. The van der Waals surface area contributed by atoms with Gasteiger partial charge in [-0.15, -0.1) is 0 Å². The molecule has 0 atom stereocenters. The first-order valence-electron chi connectivity index (χ1n) is 8.37. The Labute approximate surface area is 150 Å². The number of pyridine rings is 1. The van der Waals surface area contributed by atoms with Gasteiger partial charge in [0.1, 0.15) is 11.5 Å². The second-order valence-electron chi connectivity index (χ2n) is 6.29. The van der Waals surface area contributed by atoms with Gasteiger partial charge in [0.25, 0.3) is 5.91 Å². The van der Waals surface area contributed by atoms with E-state index in [1.807, 2.05) is 18.7 Å². The molecule has 8 heteroatoms. The number of nitrogens with zero attached hydrogens (tertiary/aromatic N) is 4. The van der Waals surface area contributed by atoms with Crippen molar-refractivity contribution in [2.75, 3.05) is 13.7 Å². The molecule has 3 aromatic rings. The highest BCUT2D eigenvalue weighted by atomic mass is 16.5. The number of H-pyrrole nitrogens is 1. The summed E-state index contributed by atoms with van der Waals surface area (Å²) in [6.45, 7) is 4.86. The molecule has 0 fully saturated rings. The van der Waals surface area contributed by atoms with Gasteiger partial charge in [0, 0.05) is 48.6 Å². The highest BCUT2D eigenvalue weighted by Crippen LogP contribution is 2.32. The Morgan fingerprint density at radius 1 is 1.38 bits per heavy atom. The molecule has 4 heterocycles. The number of hydrogen-bond donors (Lipinski definition) is 1. The zero-order chi connectivity index (χ0) is 18.3. The van der Waals surface area contributed by atoms with Crippen LogP contribution in [0.2, 0.25) is 0 Å². The van der Waals surface area contributed by atoms with E-state index < -0.39 is 0 Å². The van der Waals surface area contributed by atoms with Crippen LogP contribution < -0.4 is 4.74 Å². The standard InChI is InChI=1S/C18H19N5O3/c1-10-16(11(2)26-22-10)17-13-9-23(7-5-14(13)20-21-17)18(24)12-4-6-19-15(8-12)25-3/h4,6,8H,5,7,9H2,1-3H3,(H,20,21). The molecule has 0 radical (unpaired) electrons. The van der Waals surface area contributed by atoms with Crippen molar-refractivity contribution in [1.82, 2.24) is 25.2 Å². The van der Waals surface area contributed by atoms with Gasteiger partial charge in [-0.3, -0.25) is 9.89 Å². The van der Waals surface area contributed by atoms with Crippen LogP contribution >= 0.6 is 0 Å². The lowest BCUT2D eigenvalue weighted by atomic mass is 9.99. The lowest BCUT2D eigenvalue weighted by Crippen LogP contribution is -2.36. The Balaban J connectivity index is 1.65. The summed E-state index contributed by atoms with van der Waals surface area (Å²) in [5.74, 6) is 1.09. The Morgan fingerprint density at radius 2 is 2.23 bits per heavy atom. The van der Waals surface area contributed by atoms with Gasteiger partial charge in [-0.05, 0) is 19.9 Å². The molecule has 0 bridgehead atoms. The molecule has 4 rings (SSSR count). The minimum absolute atomic E-state index is 0.0535. The van der Waals surface area contributed by atoms with Crippen molar-refractivity contribution in [3.8, 4) is 17.1 Å². The molecule has 0 aromatic carbocycles. The van der Waals surface area contributed by atoms with Crippen molar-refractivity contribution in [3.05, 3.63) is 46.6 Å². The third-order valence-corrected chi connectivity index (χ3v) is 4.68. The summed E-state index contributed by atoms with van der Waals surface area (Å²) in [5.41, 5.74) is 5.11. The maximum absolute atomic E-state index is 12.9. The normalized spacial score (nSPS) is 13.6. The van der Waals surface area contributed by atoms with Crippen molar-refractivity contribution in [1.29, 1.82) is 0 Å². The van der Waals surface area contributed by atoms with Gasteiger partial charge in [-0.25, -0.2) is 4.98 Å². The number of nitrogens with one attached hydrogen (secondary N) is 1. The number of rotatable bonds is 3. The zero-order valence-corrected chi connectivity index (χ0v) is 14.9. The molecule has 1 amide bonds. The Hall–Kier alpha value is -3.16. The Kier molecular flexibility index (Phi) is 3.95. The van der Waals surface area contributed by atoms with Crippen LogP contribution in [0.1, 0.15) is 33.1 Å². The molecular formula is C18H19N5O3. The van der Waals surface area contributed by atoms with E-state index in [9.17, 15) is 4.79 Å². The maximum Gasteiger partial charge on any atom is 0.254 e. The minimum Gasteiger partial charge on any atom is -0.481 e. The lowest BCUT2D eigenvalue weighted by Gasteiger charge is -2.27. The zero-order valence-electron chi connectivity index (χ0n) is 14.9. The summed E-state index contributed by atoms with van der Waals surface area (Å²) in [6, 6.07) is 3.35. The minimum atomic E-state index is -0.0535. The highest BCUT2D eigenvalue weighted by molar-refractivity contribution is 5.94. The van der Waals surface area contributed by atoms with E-state index in [-0.39, 0.29) is 5.91 Å². The summed E-state index contributed by atoms with van der Waals surface area (Å²) in [6.07, 6.45) is 2.30. The van der Waals surface area contributed by atoms with E-state index in [0.717, 1.165) is 40.4 Å². The van der Waals surface area contributed by atoms with E-state index in [0.29, 0.717) is 24.5 Å². The summed E-state index contributed by atoms with van der Waals surface area (Å²) < 4.78 is 10.4. The third-order valence-electron chi connectivity index (χ3n) is 4.68. The number of amides is 1. The average Bonchev–Trinajstić information content (AvgIpc) is 3.23. The topological polar surface area (TPSA) is 97.1 Å². The molecule has 8 nitrogen and oxygen atoms in total. The number of fused-ring (bicyclic) bond motifs is 1. The number of ether oxygens (including phenoxy) is 1. The van der Waals surface area contributed by atoms with Crippen LogP contribution in [0, 0.1) is 13.8 Å². The number of carbonyl (C=O) groups excluding carboxylic acids is 1. The quantitative estimate of drug-likeness (QED) is 0.776. The van der Waals surface area contributed by atoms with Gasteiger partial charge < -0.3 is 14.2 Å². The van der Waals surface area contributed by atoms with Gasteiger partial charge in [0.15, 0.2) is 0 Å². The summed E-state index contributed by atoms with van der Waals surface area (Å²) in [7, 11) is 1.53. The first-order valence-corrected chi connectivity index (χ1v) is 8.37. The predicted molar refractivity (Wildman–Crippen MR) is 92.8 cm³/mol. The molecule has 1 aliphatic rings. The summed E-state index contributed by atoms with van der Waals surface area (Å²) in [5, 5.41) is 11.6. The number of aromatic amines is 1. The molecule has 134 valence electrons. The van der Waals surface area contributed by atoms with Crippen LogP contribution in [0.4, 0.5) is 0 Å². The second-order valence-corrected chi connectivity index (χ2v) is 6.29. The van der Waals surface area contributed by atoms with Crippen LogP contribution in [0.3, 0.4) is 0 Å². The molecule has 0 saturated heterocycles. The smallest absolute Gasteiger partial charge is 0.254 e. The average molecular weight is 353 g/mol. The van der Waals surface area contributed by atoms with E-state index in [1.54, 1.807) is 18.3 Å². The SMILES string of the molecule is COc1cc(C(=O)N2CCc3[nH]nc(-c4c(C)noc4C)c3C2)ccn1. The van der Waals surface area contributed by atoms with E-state index in [1.165, 1.54) is 7.11 Å². The number of aryl methyl sites for hydroxylation is 2. The predicted octanol–water partition coefficient (Wildman–Crippen LogP) is 2.28. The molecule has 1 aliphatic heterocycles. The molecule has 0 aliphatic carbocycles. The van der Waals surface area contributed by atoms with Gasteiger partial charge in [0.05, 0.1) is 18.4 Å². The fraction of sp³-hybridized carbons (Fsp3) is 0.333. The van der Waals surface area contributed by atoms with Gasteiger partial charge in [-0.1, -0.05) is 5.16 Å². The largest absolute Gasteiger partial charge is 0.481 e. The van der Waals surface area contributed by atoms with Crippen LogP contribution in [0.25, 0.3) is 11.3 Å². The van der Waals surface area contributed by atoms with Crippen molar-refractivity contribution >= 4 is 5.91 Å². The van der Waals surface area contributed by atoms with Gasteiger partial charge >= 0.3 is 0 Å². The first-order chi connectivity index (χ1) is 12.6. The van der Waals surface area contributed by atoms with Crippen molar-refractivity contribution in [3.63, 3.8) is 0 Å². The first kappa shape index (κ1) is 16.3. The second kappa shape index (κ2) is 6.29. The van der Waals surface area contributed by atoms with Crippen molar-refractivity contribution < 1.29 is 14.1 Å². The van der Waals surface area contributed by atoms with Crippen LogP contribution in [-0.2, 0) is 13.0 Å². The van der Waals surface area contributed by atoms with Gasteiger partial charge in [-0.2, -0.15) is 5.10 Å². The molecule has 0 unspecified atom stereocenters. The molecule has 0 spiro atoms. The van der Waals surface area contributed by atoms with E-state index >= 15 is 0 Å². The summed E-state index contributed by atoms with van der Waals surface area (Å²) in [4.78, 5) is 18.8. The number of carbonyl (C=O) groups is 1.